The lowest BCUT2D eigenvalue weighted by molar-refractivity contribution is -0.131. The second-order valence-corrected chi connectivity index (χ2v) is 6.27. The molecule has 0 heterocycles. The van der Waals surface area contributed by atoms with Crippen molar-refractivity contribution in [3.8, 4) is 0 Å². The van der Waals surface area contributed by atoms with Gasteiger partial charge in [-0.05, 0) is 38.2 Å². The highest BCUT2D eigenvalue weighted by molar-refractivity contribution is 5.86. The van der Waals surface area contributed by atoms with Crippen LogP contribution in [0.3, 0.4) is 0 Å². The van der Waals surface area contributed by atoms with Crippen molar-refractivity contribution < 1.29 is 9.59 Å². The van der Waals surface area contributed by atoms with E-state index in [0.29, 0.717) is 12.5 Å². The maximum Gasteiger partial charge on any atom is 0.315 e. The molecule has 5 heteroatoms. The minimum Gasteiger partial charge on any atom is -0.344 e. The number of nitrogens with zero attached hydrogens (tertiary/aromatic N) is 1. The van der Waals surface area contributed by atoms with Crippen molar-refractivity contribution in [2.24, 2.45) is 5.92 Å². The summed E-state index contributed by atoms with van der Waals surface area (Å²) in [7, 11) is 1.74. The number of benzene rings is 1. The fourth-order valence-electron chi connectivity index (χ4n) is 2.83. The molecule has 0 bridgehead atoms. The third-order valence-electron chi connectivity index (χ3n) is 4.64. The summed E-state index contributed by atoms with van der Waals surface area (Å²) in [5.41, 5.74) is 1.12. The molecule has 0 aliphatic heterocycles. The highest BCUT2D eigenvalue weighted by atomic mass is 16.2. The highest BCUT2D eigenvalue weighted by Crippen LogP contribution is 2.37. The minimum atomic E-state index is -0.530. The van der Waals surface area contributed by atoms with Crippen LogP contribution in [0.2, 0.25) is 0 Å². The summed E-state index contributed by atoms with van der Waals surface area (Å²) >= 11 is 0. The number of carbonyl (C=O) groups is 2. The molecule has 2 rings (SSSR count). The monoisotopic (exact) mass is 317 g/mol. The van der Waals surface area contributed by atoms with Gasteiger partial charge in [-0.2, -0.15) is 0 Å². The Kier molecular flexibility index (Phi) is 6.02. The van der Waals surface area contributed by atoms with Crippen molar-refractivity contribution >= 4 is 11.9 Å². The van der Waals surface area contributed by atoms with Gasteiger partial charge < -0.3 is 15.5 Å². The van der Waals surface area contributed by atoms with E-state index < -0.39 is 6.04 Å². The quantitative estimate of drug-likeness (QED) is 0.847. The van der Waals surface area contributed by atoms with Gasteiger partial charge in [-0.3, -0.25) is 4.79 Å². The summed E-state index contributed by atoms with van der Waals surface area (Å²) in [6.07, 6.45) is 3.48. The molecule has 2 atom stereocenters. The molecule has 0 saturated heterocycles. The fraction of sp³-hybridized carbons (Fsp3) is 0.556. The van der Waals surface area contributed by atoms with Crippen LogP contribution in [0.4, 0.5) is 4.79 Å². The van der Waals surface area contributed by atoms with Crippen molar-refractivity contribution in [2.45, 2.75) is 45.2 Å². The topological polar surface area (TPSA) is 61.4 Å². The third kappa shape index (κ3) is 4.47. The number of hydrogen-bond donors (Lipinski definition) is 2. The zero-order chi connectivity index (χ0) is 16.8. The molecule has 23 heavy (non-hydrogen) atoms. The van der Waals surface area contributed by atoms with Crippen LogP contribution in [0.15, 0.2) is 30.3 Å². The Morgan fingerprint density at radius 2 is 1.87 bits per heavy atom. The average molecular weight is 317 g/mol. The Morgan fingerprint density at radius 1 is 1.22 bits per heavy atom. The second-order valence-electron chi connectivity index (χ2n) is 6.27. The van der Waals surface area contributed by atoms with Crippen LogP contribution in [0.1, 0.15) is 44.7 Å². The van der Waals surface area contributed by atoms with Gasteiger partial charge in [0.2, 0.25) is 5.91 Å². The summed E-state index contributed by atoms with van der Waals surface area (Å²) < 4.78 is 0. The number of carbonyl (C=O) groups excluding carboxylic acids is 2. The van der Waals surface area contributed by atoms with E-state index in [0.717, 1.165) is 18.4 Å². The first-order valence-electron chi connectivity index (χ1n) is 8.39. The number of rotatable bonds is 6. The Bertz CT molecular complexity index is 528. The van der Waals surface area contributed by atoms with Gasteiger partial charge in [-0.15, -0.1) is 0 Å². The molecule has 1 aromatic carbocycles. The molecule has 126 valence electrons. The van der Waals surface area contributed by atoms with Crippen molar-refractivity contribution in [1.29, 1.82) is 0 Å². The number of amides is 3. The van der Waals surface area contributed by atoms with Crippen LogP contribution >= 0.6 is 0 Å². The van der Waals surface area contributed by atoms with Gasteiger partial charge in [0.1, 0.15) is 6.04 Å². The first-order chi connectivity index (χ1) is 11.0. The third-order valence-corrected chi connectivity index (χ3v) is 4.64. The average Bonchev–Trinajstić information content (AvgIpc) is 2.51. The van der Waals surface area contributed by atoms with Gasteiger partial charge >= 0.3 is 6.03 Å². The fourth-order valence-corrected chi connectivity index (χ4v) is 2.83. The van der Waals surface area contributed by atoms with E-state index in [1.807, 2.05) is 37.3 Å². The zero-order valence-corrected chi connectivity index (χ0v) is 14.2. The molecule has 0 unspecified atom stereocenters. The van der Waals surface area contributed by atoms with Gasteiger partial charge in [0.25, 0.3) is 0 Å². The summed E-state index contributed by atoms with van der Waals surface area (Å²) in [4.78, 5) is 26.0. The molecular weight excluding hydrogens is 290 g/mol. The molecular formula is C18H27N3O2. The smallest absolute Gasteiger partial charge is 0.315 e. The van der Waals surface area contributed by atoms with Gasteiger partial charge in [0, 0.05) is 13.6 Å². The van der Waals surface area contributed by atoms with E-state index in [2.05, 4.69) is 10.6 Å². The van der Waals surface area contributed by atoms with Gasteiger partial charge in [0.05, 0.1) is 6.04 Å². The number of nitrogens with one attached hydrogen (secondary N) is 2. The predicted molar refractivity (Wildman–Crippen MR) is 91.0 cm³/mol. The van der Waals surface area contributed by atoms with Crippen LogP contribution in [-0.2, 0) is 4.79 Å². The Morgan fingerprint density at radius 3 is 2.39 bits per heavy atom. The lowest BCUT2D eigenvalue weighted by Crippen LogP contribution is -2.50. The molecule has 1 aliphatic carbocycles. The molecule has 1 fully saturated rings. The molecule has 1 saturated carbocycles. The standard InChI is InChI=1S/C18H27N3O2/c1-4-21(3)17(22)13(2)19-18(23)20-16(15-11-8-12-15)14-9-6-5-7-10-14/h5-7,9-10,13,15-16H,4,8,11-12H2,1-3H3,(H2,19,20,23)/t13-,16+/m0/s1. The number of urea groups is 1. The van der Waals surface area contributed by atoms with Crippen molar-refractivity contribution in [2.75, 3.05) is 13.6 Å². The van der Waals surface area contributed by atoms with E-state index in [1.165, 1.54) is 6.42 Å². The van der Waals surface area contributed by atoms with Crippen LogP contribution in [-0.4, -0.2) is 36.5 Å². The lowest BCUT2D eigenvalue weighted by atomic mass is 9.77. The first-order valence-corrected chi connectivity index (χ1v) is 8.39. The SMILES string of the molecule is CCN(C)C(=O)[C@H](C)NC(=O)N[C@H](c1ccccc1)C1CCC1. The van der Waals surface area contributed by atoms with Crippen LogP contribution < -0.4 is 10.6 Å². The second kappa shape index (κ2) is 7.99. The van der Waals surface area contributed by atoms with Gasteiger partial charge in [0.15, 0.2) is 0 Å². The lowest BCUT2D eigenvalue weighted by Gasteiger charge is -2.35. The number of likely N-dealkylation sites (N-methyl/N-ethyl adjacent to an activating group) is 1. The van der Waals surface area contributed by atoms with Crippen LogP contribution in [0, 0.1) is 5.92 Å². The van der Waals surface area contributed by atoms with Gasteiger partial charge in [-0.25, -0.2) is 4.79 Å². The maximum atomic E-state index is 12.3. The highest BCUT2D eigenvalue weighted by Gasteiger charge is 2.30. The number of hydrogen-bond acceptors (Lipinski definition) is 2. The summed E-state index contributed by atoms with van der Waals surface area (Å²) in [6.45, 7) is 4.25. The maximum absolute atomic E-state index is 12.3. The van der Waals surface area contributed by atoms with Crippen LogP contribution in [0.5, 0.6) is 0 Å². The molecule has 1 aromatic rings. The molecule has 1 aliphatic rings. The molecule has 2 N–H and O–H groups in total. The molecule has 0 spiro atoms. The first kappa shape index (κ1) is 17.3. The minimum absolute atomic E-state index is 0.0103. The normalized spacial score (nSPS) is 16.8. The summed E-state index contributed by atoms with van der Waals surface area (Å²) in [6, 6.07) is 9.24. The Balaban J connectivity index is 1.97. The van der Waals surface area contributed by atoms with E-state index >= 15 is 0 Å². The van der Waals surface area contributed by atoms with Gasteiger partial charge in [-0.1, -0.05) is 36.8 Å². The Hall–Kier alpha value is -2.04. The van der Waals surface area contributed by atoms with E-state index in [4.69, 9.17) is 0 Å². The largest absolute Gasteiger partial charge is 0.344 e. The van der Waals surface area contributed by atoms with Crippen LogP contribution in [0.25, 0.3) is 0 Å². The summed E-state index contributed by atoms with van der Waals surface area (Å²) in [5.74, 6) is 0.398. The molecule has 0 aromatic heterocycles. The summed E-state index contributed by atoms with van der Waals surface area (Å²) in [5, 5.41) is 5.81. The van der Waals surface area contributed by atoms with E-state index in [9.17, 15) is 9.59 Å². The van der Waals surface area contributed by atoms with E-state index in [-0.39, 0.29) is 18.0 Å². The molecule has 3 amide bonds. The van der Waals surface area contributed by atoms with Crippen molar-refractivity contribution in [3.63, 3.8) is 0 Å². The zero-order valence-electron chi connectivity index (χ0n) is 14.2. The van der Waals surface area contributed by atoms with E-state index in [1.54, 1.807) is 18.9 Å². The molecule has 0 radical (unpaired) electrons. The molecule has 5 nitrogen and oxygen atoms in total. The van der Waals surface area contributed by atoms with Crippen molar-refractivity contribution in [1.82, 2.24) is 15.5 Å². The van der Waals surface area contributed by atoms with Crippen molar-refractivity contribution in [3.05, 3.63) is 35.9 Å². The Labute approximate surface area is 138 Å². The predicted octanol–water partition coefficient (Wildman–Crippen LogP) is 2.69.